The first-order chi connectivity index (χ1) is 17.4. The predicted molar refractivity (Wildman–Crippen MR) is 139 cm³/mol. The van der Waals surface area contributed by atoms with Crippen LogP contribution in [0.1, 0.15) is 57.4 Å². The van der Waals surface area contributed by atoms with Crippen molar-refractivity contribution in [3.63, 3.8) is 0 Å². The molecule has 4 rings (SSSR count). The first-order valence-corrected chi connectivity index (χ1v) is 15.4. The minimum atomic E-state index is -3.33. The smallest absolute Gasteiger partial charge is 0.306 e. The Morgan fingerprint density at radius 2 is 1.89 bits per heavy atom. The molecular formula is C24H29N3O6S3. The minimum absolute atomic E-state index is 0.0374. The molecule has 2 aliphatic carbocycles. The van der Waals surface area contributed by atoms with Crippen LogP contribution in [0.5, 0.6) is 0 Å². The molecule has 12 heteroatoms. The topological polar surface area (TPSA) is 124 Å². The van der Waals surface area contributed by atoms with Gasteiger partial charge in [0.25, 0.3) is 5.91 Å². The lowest BCUT2D eigenvalue weighted by atomic mass is 10.1. The van der Waals surface area contributed by atoms with Crippen molar-refractivity contribution in [3.8, 4) is 0 Å². The summed E-state index contributed by atoms with van der Waals surface area (Å²) in [5, 5.41) is 7.03. The number of hydrogen-bond donors (Lipinski definition) is 1. The third kappa shape index (κ3) is 7.07. The molecule has 1 amide bonds. The number of nitrogens with one attached hydrogen (secondary N) is 1. The molecule has 1 heterocycles. The van der Waals surface area contributed by atoms with Gasteiger partial charge in [-0.2, -0.15) is 0 Å². The van der Waals surface area contributed by atoms with Gasteiger partial charge in [0.1, 0.15) is 6.10 Å². The minimum Gasteiger partial charge on any atom is -0.466 e. The van der Waals surface area contributed by atoms with E-state index in [1.54, 1.807) is 25.3 Å². The summed E-state index contributed by atoms with van der Waals surface area (Å²) in [6.07, 6.45) is 7.16. The molecule has 0 atom stereocenters. The van der Waals surface area contributed by atoms with Crippen molar-refractivity contribution in [3.05, 3.63) is 36.0 Å². The van der Waals surface area contributed by atoms with Gasteiger partial charge in [-0.1, -0.05) is 28.6 Å². The zero-order valence-electron chi connectivity index (χ0n) is 20.0. The number of thioether (sulfide) groups is 1. The Bertz CT molecular complexity index is 1200. The van der Waals surface area contributed by atoms with E-state index in [-0.39, 0.29) is 27.9 Å². The molecule has 1 aromatic carbocycles. The summed E-state index contributed by atoms with van der Waals surface area (Å²) in [5.74, 6) is -0.197. The van der Waals surface area contributed by atoms with Crippen molar-refractivity contribution < 1.29 is 27.6 Å². The molecule has 2 saturated carbocycles. The number of hydrogen-bond acceptors (Lipinski definition) is 10. The van der Waals surface area contributed by atoms with E-state index in [2.05, 4.69) is 15.5 Å². The van der Waals surface area contributed by atoms with Gasteiger partial charge in [0, 0.05) is 11.3 Å². The molecule has 9 nitrogen and oxygen atoms in total. The largest absolute Gasteiger partial charge is 0.466 e. The number of ether oxygens (including phenoxy) is 1. The number of esters is 1. The Hall–Kier alpha value is -2.44. The van der Waals surface area contributed by atoms with Crippen molar-refractivity contribution in [2.24, 2.45) is 5.16 Å². The molecule has 0 spiro atoms. The van der Waals surface area contributed by atoms with Crippen LogP contribution in [0.2, 0.25) is 0 Å². The summed E-state index contributed by atoms with van der Waals surface area (Å²) in [5.41, 5.74) is 0.518. The Morgan fingerprint density at radius 3 is 2.56 bits per heavy atom. The molecule has 0 radical (unpaired) electrons. The number of aromatic nitrogens is 1. The maximum Gasteiger partial charge on any atom is 0.306 e. The van der Waals surface area contributed by atoms with Crippen LogP contribution in [0.15, 0.2) is 44.7 Å². The Morgan fingerprint density at radius 1 is 1.17 bits per heavy atom. The summed E-state index contributed by atoms with van der Waals surface area (Å²) in [6, 6.07) is 6.21. The van der Waals surface area contributed by atoms with Crippen molar-refractivity contribution in [1.82, 2.24) is 4.98 Å². The number of carbonyl (C=O) groups is 2. The van der Waals surface area contributed by atoms with E-state index in [4.69, 9.17) is 9.57 Å². The van der Waals surface area contributed by atoms with Crippen molar-refractivity contribution in [2.75, 3.05) is 17.7 Å². The van der Waals surface area contributed by atoms with Crippen LogP contribution in [0, 0.1) is 0 Å². The first kappa shape index (κ1) is 26.6. The highest BCUT2D eigenvalue weighted by molar-refractivity contribution is 8.01. The van der Waals surface area contributed by atoms with Crippen molar-refractivity contribution in [1.29, 1.82) is 0 Å². The number of benzene rings is 1. The van der Waals surface area contributed by atoms with Gasteiger partial charge < -0.3 is 9.57 Å². The third-order valence-corrected chi connectivity index (χ3v) is 10.2. The predicted octanol–water partition coefficient (Wildman–Crippen LogP) is 4.43. The lowest BCUT2D eigenvalue weighted by molar-refractivity contribution is -0.142. The van der Waals surface area contributed by atoms with Crippen LogP contribution < -0.4 is 5.32 Å². The summed E-state index contributed by atoms with van der Waals surface area (Å²) in [6.45, 7) is 2.12. The second-order valence-electron chi connectivity index (χ2n) is 8.56. The quantitative estimate of drug-likeness (QED) is 0.178. The number of thiazole rings is 1. The maximum absolute atomic E-state index is 13.2. The fourth-order valence-electron chi connectivity index (χ4n) is 3.73. The van der Waals surface area contributed by atoms with Crippen LogP contribution in [0.3, 0.4) is 0 Å². The van der Waals surface area contributed by atoms with Gasteiger partial charge in [-0.05, 0) is 57.6 Å². The third-order valence-electron chi connectivity index (χ3n) is 5.79. The highest BCUT2D eigenvalue weighted by Crippen LogP contribution is 2.33. The maximum atomic E-state index is 13.2. The van der Waals surface area contributed by atoms with E-state index in [1.807, 2.05) is 0 Å². The number of carbonyl (C=O) groups excluding carboxylic acids is 2. The normalized spacial score (nSPS) is 16.6. The van der Waals surface area contributed by atoms with E-state index in [0.29, 0.717) is 42.3 Å². The monoisotopic (exact) mass is 551 g/mol. The summed E-state index contributed by atoms with van der Waals surface area (Å²) in [7, 11) is -3.33. The number of sulfone groups is 1. The van der Waals surface area contributed by atoms with Crippen LogP contribution in [-0.4, -0.2) is 54.7 Å². The second kappa shape index (κ2) is 12.2. The van der Waals surface area contributed by atoms with Gasteiger partial charge in [-0.3, -0.25) is 14.9 Å². The van der Waals surface area contributed by atoms with E-state index in [1.165, 1.54) is 35.2 Å². The lowest BCUT2D eigenvalue weighted by Gasteiger charge is -2.11. The molecule has 1 N–H and O–H groups in total. The van der Waals surface area contributed by atoms with E-state index >= 15 is 0 Å². The fourth-order valence-corrected chi connectivity index (χ4v) is 7.25. The summed E-state index contributed by atoms with van der Waals surface area (Å²) in [4.78, 5) is 34.8. The zero-order valence-corrected chi connectivity index (χ0v) is 22.4. The average Bonchev–Trinajstić information content (AvgIpc) is 3.44. The zero-order chi connectivity index (χ0) is 25.5. The standard InChI is InChI=1S/C24H29N3O6S3/c1-2-32-20(28)13-14-34-21-15-25-24(35-21)26-23(29)22(27-33-17-5-3-4-6-17)16-7-9-18(10-8-16)36(30,31)19-11-12-19/h7-10,15,17,19H,2-6,11-14H2,1H3,(H,25,26,29). The Kier molecular flexibility index (Phi) is 9.02. The van der Waals surface area contributed by atoms with E-state index < -0.39 is 15.7 Å². The van der Waals surface area contributed by atoms with Gasteiger partial charge in [0.2, 0.25) is 0 Å². The van der Waals surface area contributed by atoms with Crippen molar-refractivity contribution >= 4 is 55.7 Å². The molecule has 2 fully saturated rings. The number of nitrogens with zero attached hydrogens (tertiary/aromatic N) is 2. The van der Waals surface area contributed by atoms with Crippen LogP contribution in [0.25, 0.3) is 0 Å². The molecule has 2 aromatic rings. The number of rotatable bonds is 12. The Labute approximate surface area is 219 Å². The van der Waals surface area contributed by atoms with Gasteiger partial charge >= 0.3 is 5.97 Å². The molecule has 0 unspecified atom stereocenters. The molecular weight excluding hydrogens is 522 g/mol. The Balaban J connectivity index is 1.44. The van der Waals surface area contributed by atoms with Crippen LogP contribution in [-0.2, 0) is 29.0 Å². The summed E-state index contributed by atoms with van der Waals surface area (Å²) < 4.78 is 30.8. The highest BCUT2D eigenvalue weighted by atomic mass is 32.2. The van der Waals surface area contributed by atoms with Gasteiger partial charge in [0.05, 0.1) is 33.6 Å². The van der Waals surface area contributed by atoms with Gasteiger partial charge in [-0.15, -0.1) is 11.8 Å². The fraction of sp³-hybridized carbons (Fsp3) is 0.500. The highest BCUT2D eigenvalue weighted by Gasteiger charge is 2.36. The van der Waals surface area contributed by atoms with E-state index in [9.17, 15) is 18.0 Å². The van der Waals surface area contributed by atoms with E-state index in [0.717, 1.165) is 29.9 Å². The summed E-state index contributed by atoms with van der Waals surface area (Å²) >= 11 is 2.75. The first-order valence-electron chi connectivity index (χ1n) is 12.0. The number of amides is 1. The molecule has 1 aromatic heterocycles. The number of oxime groups is 1. The van der Waals surface area contributed by atoms with Gasteiger partial charge in [0.15, 0.2) is 20.7 Å². The number of anilines is 1. The lowest BCUT2D eigenvalue weighted by Crippen LogP contribution is -2.25. The molecule has 36 heavy (non-hydrogen) atoms. The average molecular weight is 552 g/mol. The second-order valence-corrected chi connectivity index (χ2v) is 13.2. The van der Waals surface area contributed by atoms with Crippen LogP contribution >= 0.6 is 23.1 Å². The molecule has 0 saturated heterocycles. The van der Waals surface area contributed by atoms with Crippen molar-refractivity contribution in [2.45, 2.75) is 72.3 Å². The SMILES string of the molecule is CCOC(=O)CCSc1cnc(NC(=O)C(=NOC2CCCC2)c2ccc(S(=O)(=O)C3CC3)cc2)s1. The molecule has 194 valence electrons. The van der Waals surface area contributed by atoms with Crippen LogP contribution in [0.4, 0.5) is 5.13 Å². The molecule has 0 bridgehead atoms. The van der Waals surface area contributed by atoms with Gasteiger partial charge in [-0.25, -0.2) is 13.4 Å². The molecule has 0 aliphatic heterocycles. The molecule has 2 aliphatic rings.